The number of benzene rings is 1. The molecule has 1 aromatic heterocycles. The van der Waals surface area contributed by atoms with Crippen LogP contribution >= 0.6 is 11.6 Å². The molecule has 1 aromatic carbocycles. The zero-order valence-corrected chi connectivity index (χ0v) is 11.7. The molecule has 0 saturated heterocycles. The van der Waals surface area contributed by atoms with Crippen LogP contribution in [0.1, 0.15) is 28.8 Å². The average molecular weight is 278 g/mol. The van der Waals surface area contributed by atoms with Gasteiger partial charge >= 0.3 is 0 Å². The maximum absolute atomic E-state index is 12.1. The number of nitrogens with one attached hydrogen (secondary N) is 1. The fourth-order valence-electron chi connectivity index (χ4n) is 1.86. The molecule has 0 bridgehead atoms. The van der Waals surface area contributed by atoms with E-state index in [1.165, 1.54) is 0 Å². The van der Waals surface area contributed by atoms with Crippen molar-refractivity contribution in [2.45, 2.75) is 19.4 Å². The predicted molar refractivity (Wildman–Crippen MR) is 75.4 cm³/mol. The third-order valence-corrected chi connectivity index (χ3v) is 3.57. The van der Waals surface area contributed by atoms with Gasteiger partial charge in [0.05, 0.1) is 5.54 Å². The van der Waals surface area contributed by atoms with Crippen LogP contribution in [0.25, 0.3) is 0 Å². The Bertz CT molecular complexity index is 565. The summed E-state index contributed by atoms with van der Waals surface area (Å²) in [7, 11) is 0. The summed E-state index contributed by atoms with van der Waals surface area (Å²) in [6.45, 7) is 3.69. The molecule has 0 spiro atoms. The van der Waals surface area contributed by atoms with Crippen molar-refractivity contribution in [1.82, 2.24) is 5.32 Å². The van der Waals surface area contributed by atoms with Gasteiger partial charge in [0, 0.05) is 5.88 Å². The van der Waals surface area contributed by atoms with E-state index < -0.39 is 5.54 Å². The zero-order chi connectivity index (χ0) is 13.9. The monoisotopic (exact) mass is 277 g/mol. The highest BCUT2D eigenvalue weighted by Crippen LogP contribution is 2.23. The molecule has 4 heteroatoms. The highest BCUT2D eigenvalue weighted by molar-refractivity contribution is 6.18. The molecule has 2 aromatic rings. The van der Waals surface area contributed by atoms with E-state index in [0.29, 0.717) is 11.5 Å². The Labute approximate surface area is 117 Å². The smallest absolute Gasteiger partial charge is 0.287 e. The number of furan rings is 1. The minimum absolute atomic E-state index is 0.264. The highest BCUT2D eigenvalue weighted by atomic mass is 35.5. The van der Waals surface area contributed by atoms with Gasteiger partial charge in [-0.05, 0) is 31.5 Å². The Morgan fingerprint density at radius 3 is 2.47 bits per heavy atom. The van der Waals surface area contributed by atoms with Gasteiger partial charge in [-0.25, -0.2) is 0 Å². The number of halogens is 1. The van der Waals surface area contributed by atoms with Gasteiger partial charge in [0.2, 0.25) is 0 Å². The van der Waals surface area contributed by atoms with Crippen molar-refractivity contribution in [3.63, 3.8) is 0 Å². The molecule has 19 heavy (non-hydrogen) atoms. The summed E-state index contributed by atoms with van der Waals surface area (Å²) in [6, 6.07) is 13.1. The summed E-state index contributed by atoms with van der Waals surface area (Å²) in [6.07, 6.45) is 0. The van der Waals surface area contributed by atoms with E-state index in [2.05, 4.69) is 5.32 Å². The average Bonchev–Trinajstić information content (AvgIpc) is 2.86. The lowest BCUT2D eigenvalue weighted by Gasteiger charge is -2.28. The first kappa shape index (κ1) is 13.7. The first-order chi connectivity index (χ1) is 9.05. The minimum atomic E-state index is -0.624. The molecule has 2 rings (SSSR count). The topological polar surface area (TPSA) is 42.2 Å². The van der Waals surface area contributed by atoms with E-state index >= 15 is 0 Å². The molecule has 1 amide bonds. The van der Waals surface area contributed by atoms with Crippen molar-refractivity contribution in [2.24, 2.45) is 0 Å². The molecule has 1 atom stereocenters. The second-order valence-corrected chi connectivity index (χ2v) is 4.96. The van der Waals surface area contributed by atoms with Crippen molar-refractivity contribution in [1.29, 1.82) is 0 Å². The van der Waals surface area contributed by atoms with Gasteiger partial charge in [0.25, 0.3) is 5.91 Å². The highest BCUT2D eigenvalue weighted by Gasteiger charge is 2.28. The normalized spacial score (nSPS) is 13.8. The summed E-state index contributed by atoms with van der Waals surface area (Å²) < 4.78 is 5.32. The predicted octanol–water partition coefficient (Wildman–Crippen LogP) is 3.47. The van der Waals surface area contributed by atoms with Crippen LogP contribution in [0, 0.1) is 6.92 Å². The number of rotatable bonds is 4. The van der Waals surface area contributed by atoms with E-state index in [4.69, 9.17) is 16.0 Å². The van der Waals surface area contributed by atoms with E-state index in [-0.39, 0.29) is 11.8 Å². The fourth-order valence-corrected chi connectivity index (χ4v) is 2.08. The molecule has 0 radical (unpaired) electrons. The first-order valence-electron chi connectivity index (χ1n) is 6.05. The number of amides is 1. The van der Waals surface area contributed by atoms with Gasteiger partial charge in [0.1, 0.15) is 5.76 Å². The summed E-state index contributed by atoms with van der Waals surface area (Å²) >= 11 is 6.03. The summed E-state index contributed by atoms with van der Waals surface area (Å²) in [5, 5.41) is 2.92. The lowest BCUT2D eigenvalue weighted by molar-refractivity contribution is 0.0883. The third-order valence-electron chi connectivity index (χ3n) is 3.03. The van der Waals surface area contributed by atoms with Crippen molar-refractivity contribution in [2.75, 3.05) is 5.88 Å². The first-order valence-corrected chi connectivity index (χ1v) is 6.59. The largest absolute Gasteiger partial charge is 0.456 e. The lowest BCUT2D eigenvalue weighted by atomic mass is 9.94. The number of carbonyl (C=O) groups excluding carboxylic acids is 1. The molecule has 100 valence electrons. The van der Waals surface area contributed by atoms with Gasteiger partial charge in [-0.2, -0.15) is 0 Å². The molecular formula is C15H16ClNO2. The number of aryl methyl sites for hydroxylation is 1. The quantitative estimate of drug-likeness (QED) is 0.870. The summed E-state index contributed by atoms with van der Waals surface area (Å²) in [4.78, 5) is 12.1. The number of hydrogen-bond acceptors (Lipinski definition) is 2. The van der Waals surface area contributed by atoms with Gasteiger partial charge in [-0.3, -0.25) is 4.79 Å². The third kappa shape index (κ3) is 2.99. The van der Waals surface area contributed by atoms with E-state index in [9.17, 15) is 4.79 Å². The number of hydrogen-bond donors (Lipinski definition) is 1. The molecule has 1 N–H and O–H groups in total. The van der Waals surface area contributed by atoms with Crippen LogP contribution < -0.4 is 5.32 Å². The Morgan fingerprint density at radius 1 is 1.26 bits per heavy atom. The Morgan fingerprint density at radius 2 is 1.95 bits per heavy atom. The van der Waals surface area contributed by atoms with Gasteiger partial charge in [-0.1, -0.05) is 30.3 Å². The van der Waals surface area contributed by atoms with Gasteiger partial charge in [-0.15, -0.1) is 11.6 Å². The number of alkyl halides is 1. The van der Waals surface area contributed by atoms with Crippen molar-refractivity contribution < 1.29 is 9.21 Å². The van der Waals surface area contributed by atoms with Crippen LogP contribution in [0.5, 0.6) is 0 Å². The Balaban J connectivity index is 2.22. The molecule has 1 heterocycles. The van der Waals surface area contributed by atoms with Gasteiger partial charge < -0.3 is 9.73 Å². The van der Waals surface area contributed by atoms with Crippen LogP contribution in [-0.4, -0.2) is 11.8 Å². The maximum atomic E-state index is 12.1. The van der Waals surface area contributed by atoms with Crippen molar-refractivity contribution >= 4 is 17.5 Å². The summed E-state index contributed by atoms with van der Waals surface area (Å²) in [5.74, 6) is 1.02. The van der Waals surface area contributed by atoms with Crippen molar-refractivity contribution in [3.8, 4) is 0 Å². The van der Waals surface area contributed by atoms with E-state index in [1.807, 2.05) is 37.3 Å². The molecule has 0 fully saturated rings. The Kier molecular flexibility index (Phi) is 3.96. The van der Waals surface area contributed by atoms with Crippen LogP contribution in [-0.2, 0) is 5.54 Å². The SMILES string of the molecule is Cc1ccc(C(=O)NC(C)(CCl)c2ccccc2)o1. The second-order valence-electron chi connectivity index (χ2n) is 4.70. The zero-order valence-electron chi connectivity index (χ0n) is 10.9. The molecular weight excluding hydrogens is 262 g/mol. The molecule has 0 aliphatic heterocycles. The fraction of sp³-hybridized carbons (Fsp3) is 0.267. The van der Waals surface area contributed by atoms with Crippen molar-refractivity contribution in [3.05, 3.63) is 59.5 Å². The van der Waals surface area contributed by atoms with E-state index in [1.54, 1.807) is 19.1 Å². The van der Waals surface area contributed by atoms with Gasteiger partial charge in [0.15, 0.2) is 5.76 Å². The molecule has 3 nitrogen and oxygen atoms in total. The molecule has 0 saturated carbocycles. The van der Waals surface area contributed by atoms with Crippen LogP contribution in [0.3, 0.4) is 0 Å². The molecule has 1 unspecified atom stereocenters. The number of carbonyl (C=O) groups is 1. The second kappa shape index (κ2) is 5.49. The lowest BCUT2D eigenvalue weighted by Crippen LogP contribution is -2.44. The molecule has 0 aliphatic rings. The maximum Gasteiger partial charge on any atom is 0.287 e. The minimum Gasteiger partial charge on any atom is -0.456 e. The summed E-state index contributed by atoms with van der Waals surface area (Å²) in [5.41, 5.74) is 0.335. The van der Waals surface area contributed by atoms with E-state index in [0.717, 1.165) is 5.56 Å². The van der Waals surface area contributed by atoms with Crippen LogP contribution in [0.4, 0.5) is 0 Å². The molecule has 0 aliphatic carbocycles. The van der Waals surface area contributed by atoms with Crippen LogP contribution in [0.2, 0.25) is 0 Å². The standard InChI is InChI=1S/C15H16ClNO2/c1-11-8-9-13(19-11)14(18)17-15(2,10-16)12-6-4-3-5-7-12/h3-9H,10H2,1-2H3,(H,17,18). The Hall–Kier alpha value is -1.74. The van der Waals surface area contributed by atoms with Crippen LogP contribution in [0.15, 0.2) is 46.9 Å².